The fourth-order valence-electron chi connectivity index (χ4n) is 3.87. The van der Waals surface area contributed by atoms with E-state index in [0.29, 0.717) is 11.1 Å². The molecule has 19 heteroatoms. The Morgan fingerprint density at radius 3 is 2.78 bits per heavy atom. The van der Waals surface area contributed by atoms with Gasteiger partial charge < -0.3 is 40.4 Å². The zero-order chi connectivity index (χ0) is 28.6. The number of hydrogen-bond donors (Lipinski definition) is 4. The molecule has 0 unspecified atom stereocenters. The molecule has 1 fully saturated rings. The van der Waals surface area contributed by atoms with E-state index in [2.05, 4.69) is 25.7 Å². The number of rotatable bonds is 9. The molecule has 2 aliphatic rings. The SMILES string of the molecule is CON=C(C(=O)N[C@@H]1C(=O)N2C(C(=O)[O-])=C(CSc3nnc(-c4ccc(O)c(O)c4)o3)CS[C@@H]12)c1csc(N)n1.[Na+]. The number of thioether (sulfide) groups is 2. The van der Waals surface area contributed by atoms with Crippen LogP contribution in [0.1, 0.15) is 5.69 Å². The molecule has 208 valence electrons. The number of carboxylic acids is 1. The van der Waals surface area contributed by atoms with Crippen molar-refractivity contribution in [3.63, 3.8) is 0 Å². The van der Waals surface area contributed by atoms with Crippen molar-refractivity contribution in [3.05, 3.63) is 40.5 Å². The maximum atomic E-state index is 13.0. The number of carboxylic acid groups (broad SMARTS) is 1. The molecule has 2 aliphatic heterocycles. The topological polar surface area (TPSA) is 229 Å². The summed E-state index contributed by atoms with van der Waals surface area (Å²) in [6.45, 7) is 0. The van der Waals surface area contributed by atoms with E-state index in [1.54, 1.807) is 0 Å². The molecular weight excluding hydrogens is 609 g/mol. The van der Waals surface area contributed by atoms with Gasteiger partial charge in [0, 0.05) is 22.4 Å². The van der Waals surface area contributed by atoms with Gasteiger partial charge in [0.15, 0.2) is 22.3 Å². The van der Waals surface area contributed by atoms with E-state index in [9.17, 15) is 29.7 Å². The number of nitrogens with two attached hydrogens (primary N) is 1. The first-order chi connectivity index (χ1) is 19.2. The average molecular weight is 628 g/mol. The molecule has 2 atom stereocenters. The van der Waals surface area contributed by atoms with Crippen molar-refractivity contribution in [2.24, 2.45) is 5.16 Å². The first-order valence-corrected chi connectivity index (χ1v) is 14.1. The van der Waals surface area contributed by atoms with Gasteiger partial charge in [-0.3, -0.25) is 14.5 Å². The summed E-state index contributed by atoms with van der Waals surface area (Å²) in [6, 6.07) is 2.99. The van der Waals surface area contributed by atoms with Crippen LogP contribution in [0, 0.1) is 0 Å². The van der Waals surface area contributed by atoms with Crippen molar-refractivity contribution in [1.82, 2.24) is 25.4 Å². The summed E-state index contributed by atoms with van der Waals surface area (Å²) >= 11 is 3.42. The van der Waals surface area contributed by atoms with Crippen LogP contribution in [0.25, 0.3) is 11.5 Å². The summed E-state index contributed by atoms with van der Waals surface area (Å²) in [4.78, 5) is 47.7. The number of oxime groups is 1. The summed E-state index contributed by atoms with van der Waals surface area (Å²) in [7, 11) is 1.25. The van der Waals surface area contributed by atoms with Crippen LogP contribution >= 0.6 is 34.9 Å². The number of anilines is 1. The third kappa shape index (κ3) is 6.16. The average Bonchev–Trinajstić information content (AvgIpc) is 3.59. The van der Waals surface area contributed by atoms with E-state index in [1.165, 1.54) is 42.5 Å². The molecular formula is C22H18N7NaO8S3. The first-order valence-electron chi connectivity index (χ1n) is 11.2. The number of nitrogens with zero attached hydrogens (tertiary/aromatic N) is 5. The molecule has 3 aromatic rings. The minimum absolute atomic E-state index is 0. The normalized spacial score (nSPS) is 18.3. The number of phenolic OH excluding ortho intramolecular Hbond substituents is 2. The molecule has 2 amide bonds. The molecule has 0 aliphatic carbocycles. The molecule has 41 heavy (non-hydrogen) atoms. The Kier molecular flexibility index (Phi) is 9.50. The largest absolute Gasteiger partial charge is 1.00 e. The van der Waals surface area contributed by atoms with Crippen LogP contribution in [0.15, 0.2) is 49.6 Å². The van der Waals surface area contributed by atoms with Gasteiger partial charge in [0.25, 0.3) is 17.0 Å². The van der Waals surface area contributed by atoms with E-state index in [1.807, 2.05) is 0 Å². The molecule has 1 aromatic carbocycles. The van der Waals surface area contributed by atoms with Crippen molar-refractivity contribution in [1.29, 1.82) is 0 Å². The molecule has 0 spiro atoms. The van der Waals surface area contributed by atoms with E-state index in [-0.39, 0.29) is 85.9 Å². The van der Waals surface area contributed by atoms with E-state index < -0.39 is 29.2 Å². The molecule has 5 rings (SSSR count). The monoisotopic (exact) mass is 627 g/mol. The molecule has 15 nitrogen and oxygen atoms in total. The van der Waals surface area contributed by atoms with Gasteiger partial charge in [-0.2, -0.15) is 0 Å². The van der Waals surface area contributed by atoms with Crippen LogP contribution in [0.4, 0.5) is 5.13 Å². The van der Waals surface area contributed by atoms with Crippen molar-refractivity contribution >= 4 is 63.5 Å². The molecule has 5 N–H and O–H groups in total. The number of hydrogen-bond acceptors (Lipinski definition) is 16. The minimum Gasteiger partial charge on any atom is -0.543 e. The van der Waals surface area contributed by atoms with E-state index in [4.69, 9.17) is 15.0 Å². The Morgan fingerprint density at radius 1 is 1.34 bits per heavy atom. The number of carbonyl (C=O) groups excluding carboxylic acids is 3. The summed E-state index contributed by atoms with van der Waals surface area (Å²) in [6.07, 6.45) is 0. The molecule has 0 saturated carbocycles. The standard InChI is InChI=1S/C22H19N7O8S3.Na/c1-36-28-13(10-7-39-21(23)24-10)16(32)25-14-18(33)29-15(20(34)35)9(5-38-19(14)29)6-40-22-27-26-17(37-22)8-2-3-11(30)12(31)4-8;/h2-4,7,14,19,30-31H,5-6H2,1H3,(H2,23,24)(H,25,32)(H,34,35);/q;+1/p-1/t14-,19+;/m1./s1. The second-order valence-corrected chi connectivity index (χ2v) is 11.1. The maximum absolute atomic E-state index is 13.0. The Bertz CT molecular complexity index is 1580. The number of nitrogen functional groups attached to an aromatic ring is 1. The fourth-order valence-corrected chi connectivity index (χ4v) is 6.67. The number of aromatic nitrogens is 3. The fraction of sp³-hybridized carbons (Fsp3) is 0.227. The van der Waals surface area contributed by atoms with Crippen LogP contribution in [-0.4, -0.2) is 83.8 Å². The zero-order valence-electron chi connectivity index (χ0n) is 21.3. The second kappa shape index (κ2) is 12.7. The van der Waals surface area contributed by atoms with Crippen LogP contribution < -0.4 is 45.7 Å². The van der Waals surface area contributed by atoms with Crippen LogP contribution in [0.3, 0.4) is 0 Å². The summed E-state index contributed by atoms with van der Waals surface area (Å²) in [5.74, 6) is -3.15. The number of fused-ring (bicyclic) bond motifs is 1. The van der Waals surface area contributed by atoms with Gasteiger partial charge in [-0.05, 0) is 23.8 Å². The molecule has 1 saturated heterocycles. The summed E-state index contributed by atoms with van der Waals surface area (Å²) < 4.78 is 5.57. The molecule has 0 bridgehead atoms. The maximum Gasteiger partial charge on any atom is 1.00 e. The Morgan fingerprint density at radius 2 is 2.12 bits per heavy atom. The van der Waals surface area contributed by atoms with Crippen LogP contribution in [0.2, 0.25) is 0 Å². The molecule has 4 heterocycles. The third-order valence-corrected chi connectivity index (χ3v) is 8.61. The quantitative estimate of drug-likeness (QED) is 0.0456. The Labute approximate surface area is 265 Å². The van der Waals surface area contributed by atoms with E-state index >= 15 is 0 Å². The number of aromatic hydroxyl groups is 2. The summed E-state index contributed by atoms with van der Waals surface area (Å²) in [5, 5.41) is 46.4. The van der Waals surface area contributed by atoms with Crippen molar-refractivity contribution in [2.75, 3.05) is 24.3 Å². The number of nitrogens with one attached hydrogen (secondary N) is 1. The molecule has 0 radical (unpaired) electrons. The Balaban J connectivity index is 0.00000387. The predicted molar refractivity (Wildman–Crippen MR) is 141 cm³/mol. The molecule has 2 aromatic heterocycles. The minimum atomic E-state index is -1.54. The number of thiazole rings is 1. The van der Waals surface area contributed by atoms with Crippen molar-refractivity contribution < 1.29 is 68.5 Å². The number of aliphatic carboxylic acids is 1. The second-order valence-electron chi connectivity index (χ2n) is 8.16. The van der Waals surface area contributed by atoms with Crippen LogP contribution in [0.5, 0.6) is 11.5 Å². The number of amides is 2. The third-order valence-electron chi connectivity index (χ3n) is 5.69. The van der Waals surface area contributed by atoms with Gasteiger partial charge in [0.1, 0.15) is 24.2 Å². The van der Waals surface area contributed by atoms with Gasteiger partial charge in [-0.1, -0.05) is 16.9 Å². The Hall–Kier alpha value is -3.29. The number of benzene rings is 1. The number of phenols is 2. The first kappa shape index (κ1) is 30.7. The van der Waals surface area contributed by atoms with Crippen LogP contribution in [-0.2, 0) is 19.2 Å². The van der Waals surface area contributed by atoms with Gasteiger partial charge in [0.05, 0.1) is 11.7 Å². The smallest absolute Gasteiger partial charge is 0.543 e. The number of β-lactam (4-membered cyclic amide) rings is 1. The van der Waals surface area contributed by atoms with Crippen molar-refractivity contribution in [3.8, 4) is 23.0 Å². The number of carbonyl (C=O) groups is 3. The predicted octanol–water partition coefficient (Wildman–Crippen LogP) is -3.26. The zero-order valence-corrected chi connectivity index (χ0v) is 25.7. The van der Waals surface area contributed by atoms with Crippen molar-refractivity contribution in [2.45, 2.75) is 16.6 Å². The van der Waals surface area contributed by atoms with Gasteiger partial charge in [-0.15, -0.1) is 33.3 Å². The summed E-state index contributed by atoms with van der Waals surface area (Å²) in [5.41, 5.74) is 6.10. The van der Waals surface area contributed by atoms with Gasteiger partial charge >= 0.3 is 29.6 Å². The van der Waals surface area contributed by atoms with Gasteiger partial charge in [-0.25, -0.2) is 4.98 Å². The van der Waals surface area contributed by atoms with E-state index in [0.717, 1.165) is 28.0 Å². The van der Waals surface area contributed by atoms with Gasteiger partial charge in [0.2, 0.25) is 5.89 Å².